The van der Waals surface area contributed by atoms with Crippen LogP contribution >= 0.6 is 0 Å². The lowest BCUT2D eigenvalue weighted by Gasteiger charge is -2.25. The fraction of sp³-hybridized carbons (Fsp3) is 0.200. The average Bonchev–Trinajstić information content (AvgIpc) is 3.40. The van der Waals surface area contributed by atoms with Gasteiger partial charge in [0.25, 0.3) is 5.91 Å². The van der Waals surface area contributed by atoms with Gasteiger partial charge in [0, 0.05) is 31.3 Å². The third-order valence-corrected chi connectivity index (χ3v) is 6.36. The molecule has 4 aromatic rings. The summed E-state index contributed by atoms with van der Waals surface area (Å²) in [5.74, 6) is 1.42. The maximum absolute atomic E-state index is 13.1. The van der Waals surface area contributed by atoms with Crippen molar-refractivity contribution in [3.63, 3.8) is 0 Å². The predicted octanol–water partition coefficient (Wildman–Crippen LogP) is 1.77. The molecule has 0 unspecified atom stereocenters. The number of nitrogens with two attached hydrogens (primary N) is 1. The number of hydrogen-bond donors (Lipinski definition) is 3. The van der Waals surface area contributed by atoms with E-state index < -0.39 is 12.1 Å². The van der Waals surface area contributed by atoms with Gasteiger partial charge >= 0.3 is 6.03 Å². The van der Waals surface area contributed by atoms with Crippen molar-refractivity contribution in [3.05, 3.63) is 65.5 Å². The van der Waals surface area contributed by atoms with Gasteiger partial charge in [0.15, 0.2) is 11.5 Å². The quantitative estimate of drug-likeness (QED) is 0.324. The van der Waals surface area contributed by atoms with Gasteiger partial charge < -0.3 is 25.3 Å². The highest BCUT2D eigenvalue weighted by atomic mass is 16.5. The number of amides is 4. The zero-order valence-corrected chi connectivity index (χ0v) is 20.1. The standard InChI is InChI=1S/C25H24N8O4/c1-32-20-21(26)27-12-28-22(20)31-23(32)15-5-3-14(4-6-15)19(30-25(36)29-13-34)11-33-10-16-7-8-17(37-2)9-18(16)24(33)35/h3-9,12-13,19H,10-11H2,1-2H3,(H2,26,27,28)(H2,29,30,34,36)/t19-/m0/s1. The number of fused-ring (bicyclic) bond motifs is 2. The fourth-order valence-electron chi connectivity index (χ4n) is 4.51. The van der Waals surface area contributed by atoms with E-state index in [4.69, 9.17) is 10.5 Å². The lowest BCUT2D eigenvalue weighted by atomic mass is 10.0. The summed E-state index contributed by atoms with van der Waals surface area (Å²) in [4.78, 5) is 50.6. The second kappa shape index (κ2) is 9.57. The Bertz CT molecular complexity index is 1520. The summed E-state index contributed by atoms with van der Waals surface area (Å²) < 4.78 is 7.07. The molecule has 2 aromatic carbocycles. The van der Waals surface area contributed by atoms with E-state index in [9.17, 15) is 14.4 Å². The Morgan fingerprint density at radius 2 is 2.00 bits per heavy atom. The number of urea groups is 1. The molecule has 3 heterocycles. The number of nitrogen functional groups attached to an aromatic ring is 1. The van der Waals surface area contributed by atoms with Crippen molar-refractivity contribution in [2.45, 2.75) is 12.6 Å². The van der Waals surface area contributed by atoms with E-state index >= 15 is 0 Å². The number of carbonyl (C=O) groups is 3. The number of imide groups is 1. The number of benzene rings is 2. The van der Waals surface area contributed by atoms with Crippen molar-refractivity contribution in [3.8, 4) is 17.1 Å². The third-order valence-electron chi connectivity index (χ3n) is 6.36. The SMILES string of the molecule is COc1ccc2c(c1)C(=O)N(C[C@H](NC(=O)NC=O)c1ccc(-c3nc4ncnc(N)c4n3C)cc1)C2. The topological polar surface area (TPSA) is 157 Å². The average molecular weight is 501 g/mol. The van der Waals surface area contributed by atoms with Crippen LogP contribution in [0.5, 0.6) is 5.75 Å². The molecule has 4 N–H and O–H groups in total. The van der Waals surface area contributed by atoms with Gasteiger partial charge in [0.1, 0.15) is 23.4 Å². The number of carbonyl (C=O) groups excluding carboxylic acids is 3. The predicted molar refractivity (Wildman–Crippen MR) is 134 cm³/mol. The van der Waals surface area contributed by atoms with E-state index in [0.717, 1.165) is 16.7 Å². The van der Waals surface area contributed by atoms with Crippen LogP contribution in [0, 0.1) is 0 Å². The van der Waals surface area contributed by atoms with E-state index in [1.807, 2.05) is 48.0 Å². The van der Waals surface area contributed by atoms with Gasteiger partial charge in [-0.3, -0.25) is 14.9 Å². The smallest absolute Gasteiger partial charge is 0.321 e. The van der Waals surface area contributed by atoms with Crippen molar-refractivity contribution in [2.75, 3.05) is 19.4 Å². The molecule has 1 aliphatic heterocycles. The molecule has 0 fully saturated rings. The molecule has 37 heavy (non-hydrogen) atoms. The minimum atomic E-state index is -0.667. The first-order valence-corrected chi connectivity index (χ1v) is 11.4. The van der Waals surface area contributed by atoms with Crippen molar-refractivity contribution in [1.29, 1.82) is 0 Å². The summed E-state index contributed by atoms with van der Waals surface area (Å²) in [7, 11) is 3.38. The molecule has 12 nitrogen and oxygen atoms in total. The van der Waals surface area contributed by atoms with Crippen LogP contribution in [0.3, 0.4) is 0 Å². The van der Waals surface area contributed by atoms with E-state index in [0.29, 0.717) is 47.1 Å². The van der Waals surface area contributed by atoms with Gasteiger partial charge in [-0.2, -0.15) is 0 Å². The molecular formula is C25H24N8O4. The number of methoxy groups -OCH3 is 1. The highest BCUT2D eigenvalue weighted by Gasteiger charge is 2.30. The van der Waals surface area contributed by atoms with Crippen LogP contribution in [0.2, 0.25) is 0 Å². The number of imidazole rings is 1. The van der Waals surface area contributed by atoms with Gasteiger partial charge in [0.05, 0.1) is 13.2 Å². The largest absolute Gasteiger partial charge is 0.497 e. The van der Waals surface area contributed by atoms with Crippen molar-refractivity contribution < 1.29 is 19.1 Å². The van der Waals surface area contributed by atoms with Gasteiger partial charge in [-0.25, -0.2) is 19.7 Å². The Labute approximate surface area is 211 Å². The second-order valence-corrected chi connectivity index (χ2v) is 8.54. The van der Waals surface area contributed by atoms with Crippen LogP contribution in [0.1, 0.15) is 27.5 Å². The Balaban J connectivity index is 1.42. The highest BCUT2D eigenvalue weighted by Crippen LogP contribution is 2.30. The highest BCUT2D eigenvalue weighted by molar-refractivity contribution is 5.98. The molecule has 0 saturated heterocycles. The maximum atomic E-state index is 13.1. The van der Waals surface area contributed by atoms with Gasteiger partial charge in [-0.15, -0.1) is 0 Å². The van der Waals surface area contributed by atoms with Crippen LogP contribution in [0.4, 0.5) is 10.6 Å². The summed E-state index contributed by atoms with van der Waals surface area (Å²) in [6.07, 6.45) is 1.67. The van der Waals surface area contributed by atoms with E-state index in [1.165, 1.54) is 6.33 Å². The molecule has 0 aliphatic carbocycles. The number of rotatable bonds is 7. The van der Waals surface area contributed by atoms with Crippen molar-refractivity contribution in [1.82, 2.24) is 35.1 Å². The van der Waals surface area contributed by atoms with Crippen molar-refractivity contribution >= 4 is 35.3 Å². The van der Waals surface area contributed by atoms with E-state index in [-0.39, 0.29) is 12.5 Å². The molecule has 0 bridgehead atoms. The normalized spacial score (nSPS) is 13.4. The molecule has 1 aliphatic rings. The molecule has 12 heteroatoms. The van der Waals surface area contributed by atoms with E-state index in [2.05, 4.69) is 25.6 Å². The lowest BCUT2D eigenvalue weighted by Crippen LogP contribution is -2.42. The monoisotopic (exact) mass is 500 g/mol. The number of nitrogens with one attached hydrogen (secondary N) is 2. The summed E-state index contributed by atoms with van der Waals surface area (Å²) >= 11 is 0. The van der Waals surface area contributed by atoms with Gasteiger partial charge in [-0.1, -0.05) is 30.3 Å². The Morgan fingerprint density at radius 3 is 2.70 bits per heavy atom. The maximum Gasteiger partial charge on any atom is 0.321 e. The Morgan fingerprint density at radius 1 is 1.22 bits per heavy atom. The molecule has 0 saturated carbocycles. The fourth-order valence-corrected chi connectivity index (χ4v) is 4.51. The number of nitrogens with zero attached hydrogens (tertiary/aromatic N) is 5. The third kappa shape index (κ3) is 4.40. The first-order valence-electron chi connectivity index (χ1n) is 11.4. The summed E-state index contributed by atoms with van der Waals surface area (Å²) in [6, 6.07) is 11.5. The first kappa shape index (κ1) is 23.7. The second-order valence-electron chi connectivity index (χ2n) is 8.54. The molecule has 188 valence electrons. The van der Waals surface area contributed by atoms with Crippen LogP contribution < -0.4 is 21.1 Å². The zero-order chi connectivity index (χ0) is 26.1. The molecule has 0 radical (unpaired) electrons. The minimum Gasteiger partial charge on any atom is -0.497 e. The van der Waals surface area contributed by atoms with Crippen LogP contribution in [-0.4, -0.2) is 56.4 Å². The number of ether oxygens (including phenoxy) is 1. The first-order chi connectivity index (χ1) is 17.9. The lowest BCUT2D eigenvalue weighted by molar-refractivity contribution is -0.108. The Hall–Kier alpha value is -5.00. The number of hydrogen-bond acceptors (Lipinski definition) is 8. The van der Waals surface area contributed by atoms with Crippen LogP contribution in [0.15, 0.2) is 48.8 Å². The van der Waals surface area contributed by atoms with Crippen LogP contribution in [0.25, 0.3) is 22.6 Å². The minimum absolute atomic E-state index is 0.161. The number of aromatic nitrogens is 4. The molecule has 4 amide bonds. The van der Waals surface area contributed by atoms with Crippen molar-refractivity contribution in [2.24, 2.45) is 7.05 Å². The summed E-state index contributed by atoms with van der Waals surface area (Å²) in [5, 5.41) is 4.87. The number of aryl methyl sites for hydroxylation is 1. The Kier molecular flexibility index (Phi) is 6.14. The molecule has 1 atom stereocenters. The zero-order valence-electron chi connectivity index (χ0n) is 20.1. The number of anilines is 1. The molecular weight excluding hydrogens is 476 g/mol. The summed E-state index contributed by atoms with van der Waals surface area (Å²) in [6.45, 7) is 0.589. The summed E-state index contributed by atoms with van der Waals surface area (Å²) in [5.41, 5.74) is 10.1. The molecule has 0 spiro atoms. The van der Waals surface area contributed by atoms with Gasteiger partial charge in [-0.05, 0) is 23.3 Å². The van der Waals surface area contributed by atoms with E-state index in [1.54, 1.807) is 18.1 Å². The molecule has 5 rings (SSSR count). The van der Waals surface area contributed by atoms with Gasteiger partial charge in [0.2, 0.25) is 6.41 Å². The van der Waals surface area contributed by atoms with Crippen LogP contribution in [-0.2, 0) is 18.4 Å². The molecule has 2 aromatic heterocycles.